The molecule has 2 atom stereocenters. The molecule has 40 heavy (non-hydrogen) atoms. The molecule has 0 fully saturated rings. The van der Waals surface area contributed by atoms with E-state index in [0.717, 1.165) is 66.0 Å². The van der Waals surface area contributed by atoms with Gasteiger partial charge >= 0.3 is 5.97 Å². The monoisotopic (exact) mass is 585 g/mol. The number of esters is 1. The quantitative estimate of drug-likeness (QED) is 0.255. The number of ether oxygens (including phenoxy) is 1. The van der Waals surface area contributed by atoms with E-state index in [4.69, 9.17) is 9.72 Å². The molecular formula is C29H39N5O4S2. The van der Waals surface area contributed by atoms with Crippen molar-refractivity contribution < 1.29 is 18.5 Å². The van der Waals surface area contributed by atoms with Crippen LogP contribution in [0.2, 0.25) is 0 Å². The zero-order chi connectivity index (χ0) is 27.9. The van der Waals surface area contributed by atoms with Crippen molar-refractivity contribution in [1.82, 2.24) is 20.0 Å². The number of H-pyrrole nitrogens is 1. The minimum absolute atomic E-state index is 0. The average molecular weight is 586 g/mol. The third-order valence-electron chi connectivity index (χ3n) is 6.69. The number of carbonyl (C=O) groups is 2. The fraction of sp³-hybridized carbons (Fsp3) is 0.414. The molecule has 2 unspecified atom stereocenters. The molecule has 1 aliphatic heterocycles. The van der Waals surface area contributed by atoms with Crippen molar-refractivity contribution in [2.45, 2.75) is 64.3 Å². The van der Waals surface area contributed by atoms with E-state index in [-0.39, 0.29) is 32.6 Å². The molecule has 216 valence electrons. The zero-order valence-corrected chi connectivity index (χ0v) is 25.3. The lowest BCUT2D eigenvalue weighted by atomic mass is 10.1. The molecule has 2 aromatic heterocycles. The number of nitrogens with one attached hydrogen (secondary N) is 4. The lowest BCUT2D eigenvalue weighted by Gasteiger charge is -2.19. The van der Waals surface area contributed by atoms with E-state index in [1.807, 2.05) is 39.1 Å². The third kappa shape index (κ3) is 7.96. The highest BCUT2D eigenvalue weighted by Crippen LogP contribution is 2.21. The number of aromatic amines is 1. The minimum Gasteiger partial charge on any atom is -0.465 e. The summed E-state index contributed by atoms with van der Waals surface area (Å²) < 4.78 is 21.2. The number of aromatic nitrogens is 2. The van der Waals surface area contributed by atoms with Crippen LogP contribution in [-0.4, -0.2) is 51.8 Å². The van der Waals surface area contributed by atoms with E-state index in [1.54, 1.807) is 13.0 Å². The molecule has 3 aromatic rings. The van der Waals surface area contributed by atoms with Gasteiger partial charge in [0.15, 0.2) is 0 Å². The van der Waals surface area contributed by atoms with Gasteiger partial charge in [0.05, 0.1) is 11.5 Å². The molecule has 0 radical (unpaired) electrons. The Morgan fingerprint density at radius 3 is 2.60 bits per heavy atom. The van der Waals surface area contributed by atoms with Gasteiger partial charge in [-0.25, -0.2) is 13.9 Å². The van der Waals surface area contributed by atoms with Gasteiger partial charge in [-0.1, -0.05) is 23.8 Å². The smallest absolute Gasteiger partial charge is 0.325 e. The molecule has 0 saturated carbocycles. The van der Waals surface area contributed by atoms with E-state index in [9.17, 15) is 13.8 Å². The molecule has 4 N–H and O–H groups in total. The number of carbonyl (C=O) groups excluding carboxylic acids is 2. The molecule has 1 aliphatic rings. The van der Waals surface area contributed by atoms with Crippen LogP contribution in [0.3, 0.4) is 0 Å². The van der Waals surface area contributed by atoms with E-state index in [2.05, 4.69) is 32.5 Å². The lowest BCUT2D eigenvalue weighted by molar-refractivity contribution is -0.144. The van der Waals surface area contributed by atoms with Gasteiger partial charge in [-0.05, 0) is 87.8 Å². The number of aryl methyl sites for hydroxylation is 6. The van der Waals surface area contributed by atoms with Gasteiger partial charge in [0.1, 0.15) is 28.5 Å². The Labute approximate surface area is 245 Å². The molecule has 0 saturated heterocycles. The van der Waals surface area contributed by atoms with Crippen LogP contribution in [0.25, 0.3) is 0 Å². The van der Waals surface area contributed by atoms with Crippen molar-refractivity contribution in [2.24, 2.45) is 0 Å². The number of nitrogens with zero attached hydrogens (tertiary/aromatic N) is 1. The number of fused-ring (bicyclic) bond motifs is 1. The van der Waals surface area contributed by atoms with Crippen molar-refractivity contribution in [3.63, 3.8) is 0 Å². The second-order valence-corrected chi connectivity index (χ2v) is 11.1. The Bertz CT molecular complexity index is 1350. The number of benzene rings is 1. The highest BCUT2D eigenvalue weighted by Gasteiger charge is 2.25. The van der Waals surface area contributed by atoms with E-state index < -0.39 is 23.0 Å². The summed E-state index contributed by atoms with van der Waals surface area (Å²) in [5.41, 5.74) is 6.44. The first-order chi connectivity index (χ1) is 18.7. The number of hydrogen-bond acceptors (Lipinski definition) is 6. The normalized spacial score (nSPS) is 13.8. The summed E-state index contributed by atoms with van der Waals surface area (Å²) in [5, 5.41) is 6.13. The first-order valence-corrected chi connectivity index (χ1v) is 14.5. The maximum Gasteiger partial charge on any atom is 0.325 e. The lowest BCUT2D eigenvalue weighted by Crippen LogP contribution is -2.47. The van der Waals surface area contributed by atoms with Gasteiger partial charge < -0.3 is 20.4 Å². The van der Waals surface area contributed by atoms with Crippen LogP contribution >= 0.6 is 13.5 Å². The molecule has 0 spiro atoms. The van der Waals surface area contributed by atoms with Gasteiger partial charge in [0.25, 0.3) is 5.91 Å². The molecule has 9 nitrogen and oxygen atoms in total. The summed E-state index contributed by atoms with van der Waals surface area (Å²) in [7, 11) is -1.67. The number of hydrogen-bond donors (Lipinski definition) is 4. The molecule has 0 aliphatic carbocycles. The zero-order valence-electron chi connectivity index (χ0n) is 23.5. The topological polar surface area (TPSA) is 125 Å². The van der Waals surface area contributed by atoms with Gasteiger partial charge in [-0.15, -0.1) is 0 Å². The van der Waals surface area contributed by atoms with Crippen molar-refractivity contribution in [1.29, 1.82) is 0 Å². The van der Waals surface area contributed by atoms with Crippen LogP contribution in [0.1, 0.15) is 57.3 Å². The SMILES string of the molecule is CCOC(=O)C(CNC(=O)c1cc(CCc2ccc3c(n2)NCCC3)c[nH]1)NS(=O)c1c(C)cc(C)cc1C.S. The largest absolute Gasteiger partial charge is 0.465 e. The number of rotatable bonds is 11. The first-order valence-electron chi connectivity index (χ1n) is 13.4. The minimum atomic E-state index is -1.67. The van der Waals surface area contributed by atoms with Gasteiger partial charge in [-0.2, -0.15) is 13.5 Å². The third-order valence-corrected chi connectivity index (χ3v) is 8.20. The van der Waals surface area contributed by atoms with Crippen LogP contribution in [0.4, 0.5) is 5.82 Å². The number of pyridine rings is 1. The van der Waals surface area contributed by atoms with E-state index in [0.29, 0.717) is 10.6 Å². The predicted octanol–water partition coefficient (Wildman–Crippen LogP) is 3.56. The molecule has 1 aromatic carbocycles. The van der Waals surface area contributed by atoms with Crippen molar-refractivity contribution in [3.05, 3.63) is 75.7 Å². The summed E-state index contributed by atoms with van der Waals surface area (Å²) in [6, 6.07) is 8.93. The van der Waals surface area contributed by atoms with Crippen LogP contribution in [0, 0.1) is 20.8 Å². The Morgan fingerprint density at radius 1 is 1.12 bits per heavy atom. The first kappa shape index (κ1) is 31.4. The molecule has 1 amide bonds. The standard InChI is InChI=1S/C29H37N5O4S.H2S/c1-5-38-29(36)25(34-39(37)26-19(3)13-18(2)14-20(26)4)17-32-28(35)24-15-21(16-31-24)8-10-23-11-9-22-7-6-12-30-27(22)33-23;/h9,11,13-16,25,31,34H,5-8,10,12,17H2,1-4H3,(H,30,33)(H,32,35);1H2. The van der Waals surface area contributed by atoms with Crippen molar-refractivity contribution >= 4 is 42.2 Å². The second-order valence-electron chi connectivity index (χ2n) is 9.89. The maximum absolute atomic E-state index is 13.2. The molecule has 3 heterocycles. The Kier molecular flexibility index (Phi) is 11.4. The molecule has 4 rings (SSSR count). The van der Waals surface area contributed by atoms with E-state index >= 15 is 0 Å². The highest BCUT2D eigenvalue weighted by atomic mass is 32.2. The summed E-state index contributed by atoms with van der Waals surface area (Å²) in [4.78, 5) is 33.8. The predicted molar refractivity (Wildman–Crippen MR) is 163 cm³/mol. The van der Waals surface area contributed by atoms with Crippen LogP contribution in [-0.2, 0) is 39.8 Å². The van der Waals surface area contributed by atoms with Crippen LogP contribution in [0.15, 0.2) is 41.4 Å². The summed E-state index contributed by atoms with van der Waals surface area (Å²) >= 11 is 0. The van der Waals surface area contributed by atoms with Crippen molar-refractivity contribution in [2.75, 3.05) is 25.0 Å². The van der Waals surface area contributed by atoms with Crippen LogP contribution < -0.4 is 15.4 Å². The Hall–Kier alpha value is -3.15. The van der Waals surface area contributed by atoms with Gasteiger partial charge in [0.2, 0.25) is 0 Å². The highest BCUT2D eigenvalue weighted by molar-refractivity contribution is 7.83. The summed E-state index contributed by atoms with van der Waals surface area (Å²) in [6.07, 6.45) is 5.48. The van der Waals surface area contributed by atoms with Gasteiger partial charge in [0, 0.05) is 25.0 Å². The fourth-order valence-electron chi connectivity index (χ4n) is 4.85. The molecular weight excluding hydrogens is 546 g/mol. The summed E-state index contributed by atoms with van der Waals surface area (Å²) in [6.45, 7) is 8.51. The fourth-order valence-corrected chi connectivity index (χ4v) is 6.11. The summed E-state index contributed by atoms with van der Waals surface area (Å²) in [5.74, 6) is 0.0426. The van der Waals surface area contributed by atoms with Crippen molar-refractivity contribution in [3.8, 4) is 0 Å². The molecule has 11 heteroatoms. The Balaban J connectivity index is 0.00000441. The maximum atomic E-state index is 13.2. The second kappa shape index (κ2) is 14.5. The average Bonchev–Trinajstić information content (AvgIpc) is 3.38. The van der Waals surface area contributed by atoms with Gasteiger partial charge in [-0.3, -0.25) is 9.59 Å². The Morgan fingerprint density at radius 2 is 1.88 bits per heavy atom. The van der Waals surface area contributed by atoms with Crippen LogP contribution in [0.5, 0.6) is 0 Å². The van der Waals surface area contributed by atoms with E-state index in [1.165, 1.54) is 5.56 Å². The molecule has 0 bridgehead atoms. The number of amides is 1. The number of anilines is 1.